The molecule has 0 unspecified atom stereocenters. The molecule has 0 aliphatic carbocycles. The number of nitrogens with zero attached hydrogens (tertiary/aromatic N) is 2. The van der Waals surface area contributed by atoms with Gasteiger partial charge in [0.25, 0.3) is 5.89 Å². The lowest BCUT2D eigenvalue weighted by Gasteiger charge is -1.99. The average Bonchev–Trinajstić information content (AvgIpc) is 2.78. The molecule has 1 aromatic carbocycles. The van der Waals surface area contributed by atoms with Crippen LogP contribution in [-0.4, -0.2) is 28.3 Å². The van der Waals surface area contributed by atoms with E-state index in [-0.39, 0.29) is 18.1 Å². The van der Waals surface area contributed by atoms with E-state index in [0.717, 1.165) is 0 Å². The Hall–Kier alpha value is -2.21. The van der Waals surface area contributed by atoms with Crippen molar-refractivity contribution in [3.05, 3.63) is 35.7 Å². The topological polar surface area (TPSA) is 85.5 Å². The third kappa shape index (κ3) is 2.31. The van der Waals surface area contributed by atoms with Gasteiger partial charge < -0.3 is 14.4 Å². The lowest BCUT2D eigenvalue weighted by Crippen LogP contribution is -1.99. The molecule has 6 nitrogen and oxygen atoms in total. The van der Waals surface area contributed by atoms with Gasteiger partial charge >= 0.3 is 5.97 Å². The molecule has 2 aromatic rings. The SMILES string of the molecule is COCc1noc(-c2ccccc2C(=O)O)n1. The van der Waals surface area contributed by atoms with E-state index in [1.807, 2.05) is 0 Å². The lowest BCUT2D eigenvalue weighted by atomic mass is 10.1. The van der Waals surface area contributed by atoms with Gasteiger partial charge in [-0.05, 0) is 12.1 Å². The first-order chi connectivity index (χ1) is 8.22. The molecule has 6 heteroatoms. The van der Waals surface area contributed by atoms with Gasteiger partial charge in [0.1, 0.15) is 6.61 Å². The number of aromatic carboxylic acids is 1. The van der Waals surface area contributed by atoms with Gasteiger partial charge in [0.15, 0.2) is 5.82 Å². The summed E-state index contributed by atoms with van der Waals surface area (Å²) in [5, 5.41) is 12.7. The molecule has 0 saturated heterocycles. The predicted molar refractivity (Wildman–Crippen MR) is 57.4 cm³/mol. The number of carboxylic acid groups (broad SMARTS) is 1. The van der Waals surface area contributed by atoms with Gasteiger partial charge in [-0.3, -0.25) is 0 Å². The molecule has 0 saturated carbocycles. The molecule has 88 valence electrons. The molecule has 0 amide bonds. The van der Waals surface area contributed by atoms with Gasteiger partial charge in [0.2, 0.25) is 0 Å². The van der Waals surface area contributed by atoms with Gasteiger partial charge in [0, 0.05) is 7.11 Å². The number of hydrogen-bond acceptors (Lipinski definition) is 5. The van der Waals surface area contributed by atoms with Crippen LogP contribution in [0.3, 0.4) is 0 Å². The Labute approximate surface area is 96.8 Å². The van der Waals surface area contributed by atoms with E-state index >= 15 is 0 Å². The monoisotopic (exact) mass is 234 g/mol. The highest BCUT2D eigenvalue weighted by Crippen LogP contribution is 2.21. The molecule has 1 aromatic heterocycles. The van der Waals surface area contributed by atoms with E-state index in [0.29, 0.717) is 11.4 Å². The van der Waals surface area contributed by atoms with Crippen molar-refractivity contribution in [2.24, 2.45) is 0 Å². The number of rotatable bonds is 4. The van der Waals surface area contributed by atoms with Crippen molar-refractivity contribution in [1.82, 2.24) is 10.1 Å². The first-order valence-corrected chi connectivity index (χ1v) is 4.86. The second-order valence-electron chi connectivity index (χ2n) is 3.30. The van der Waals surface area contributed by atoms with Gasteiger partial charge in [0.05, 0.1) is 11.1 Å². The standard InChI is InChI=1S/C11H10N2O4/c1-16-6-9-12-10(17-13-9)7-4-2-3-5-8(7)11(14)15/h2-5H,6H2,1H3,(H,14,15). The number of carbonyl (C=O) groups is 1. The fraction of sp³-hybridized carbons (Fsp3) is 0.182. The van der Waals surface area contributed by atoms with E-state index in [1.165, 1.54) is 13.2 Å². The molecule has 0 fully saturated rings. The highest BCUT2D eigenvalue weighted by molar-refractivity contribution is 5.94. The molecule has 0 aliphatic heterocycles. The fourth-order valence-corrected chi connectivity index (χ4v) is 1.41. The van der Waals surface area contributed by atoms with Gasteiger partial charge in [-0.2, -0.15) is 4.98 Å². The number of carboxylic acids is 1. The molecule has 0 spiro atoms. The Morgan fingerprint density at radius 2 is 2.24 bits per heavy atom. The van der Waals surface area contributed by atoms with E-state index in [1.54, 1.807) is 18.2 Å². The molecule has 17 heavy (non-hydrogen) atoms. The fourth-order valence-electron chi connectivity index (χ4n) is 1.41. The van der Waals surface area contributed by atoms with Crippen LogP contribution in [0, 0.1) is 0 Å². The summed E-state index contributed by atoms with van der Waals surface area (Å²) >= 11 is 0. The summed E-state index contributed by atoms with van der Waals surface area (Å²) in [5.41, 5.74) is 0.523. The van der Waals surface area contributed by atoms with Crippen molar-refractivity contribution >= 4 is 5.97 Å². The maximum Gasteiger partial charge on any atom is 0.336 e. The van der Waals surface area contributed by atoms with Gasteiger partial charge in [-0.15, -0.1) is 0 Å². The Morgan fingerprint density at radius 3 is 2.94 bits per heavy atom. The number of methoxy groups -OCH3 is 1. The van der Waals surface area contributed by atoms with Crippen LogP contribution in [0.2, 0.25) is 0 Å². The molecular formula is C11H10N2O4. The number of ether oxygens (including phenoxy) is 1. The van der Waals surface area contributed by atoms with E-state index in [2.05, 4.69) is 10.1 Å². The molecule has 0 radical (unpaired) electrons. The summed E-state index contributed by atoms with van der Waals surface area (Å²) in [5.74, 6) is -0.482. The normalized spacial score (nSPS) is 10.4. The summed E-state index contributed by atoms with van der Waals surface area (Å²) in [7, 11) is 1.52. The summed E-state index contributed by atoms with van der Waals surface area (Å²) in [6, 6.07) is 6.45. The van der Waals surface area contributed by atoms with Gasteiger partial charge in [-0.1, -0.05) is 17.3 Å². The zero-order chi connectivity index (χ0) is 12.3. The van der Waals surface area contributed by atoms with Crippen molar-refractivity contribution in [3.8, 4) is 11.5 Å². The van der Waals surface area contributed by atoms with Crippen molar-refractivity contribution in [2.75, 3.05) is 7.11 Å². The second-order valence-corrected chi connectivity index (χ2v) is 3.30. The Bertz CT molecular complexity index is 536. The van der Waals surface area contributed by atoms with Crippen LogP contribution in [0.1, 0.15) is 16.2 Å². The van der Waals surface area contributed by atoms with Gasteiger partial charge in [-0.25, -0.2) is 4.79 Å². The largest absolute Gasteiger partial charge is 0.478 e. The summed E-state index contributed by atoms with van der Waals surface area (Å²) in [4.78, 5) is 15.1. The van der Waals surface area contributed by atoms with Crippen LogP contribution in [-0.2, 0) is 11.3 Å². The zero-order valence-electron chi connectivity index (χ0n) is 9.08. The summed E-state index contributed by atoms with van der Waals surface area (Å²) in [6.07, 6.45) is 0. The van der Waals surface area contributed by atoms with Crippen LogP contribution < -0.4 is 0 Å². The first kappa shape index (κ1) is 11.3. The van der Waals surface area contributed by atoms with E-state index in [9.17, 15) is 4.79 Å². The first-order valence-electron chi connectivity index (χ1n) is 4.86. The quantitative estimate of drug-likeness (QED) is 0.864. The van der Waals surface area contributed by atoms with E-state index < -0.39 is 5.97 Å². The Balaban J connectivity index is 2.41. The minimum atomic E-state index is -1.04. The smallest absolute Gasteiger partial charge is 0.336 e. The number of aromatic nitrogens is 2. The summed E-state index contributed by atoms with van der Waals surface area (Å²) < 4.78 is 9.84. The molecule has 0 atom stereocenters. The molecule has 1 heterocycles. The van der Waals surface area contributed by atoms with Crippen molar-refractivity contribution in [3.63, 3.8) is 0 Å². The molecular weight excluding hydrogens is 224 g/mol. The lowest BCUT2D eigenvalue weighted by molar-refractivity contribution is 0.0697. The molecule has 1 N–H and O–H groups in total. The van der Waals surface area contributed by atoms with Crippen LogP contribution in [0.5, 0.6) is 0 Å². The third-order valence-corrected chi connectivity index (χ3v) is 2.13. The predicted octanol–water partition coefficient (Wildman–Crippen LogP) is 1.58. The van der Waals surface area contributed by atoms with Crippen molar-refractivity contribution < 1.29 is 19.2 Å². The highest BCUT2D eigenvalue weighted by Gasteiger charge is 2.16. The maximum atomic E-state index is 11.0. The number of benzene rings is 1. The maximum absolute atomic E-state index is 11.0. The molecule has 0 bridgehead atoms. The Kier molecular flexibility index (Phi) is 3.15. The summed E-state index contributed by atoms with van der Waals surface area (Å²) in [6.45, 7) is 0.221. The van der Waals surface area contributed by atoms with Crippen LogP contribution in [0.15, 0.2) is 28.8 Å². The minimum Gasteiger partial charge on any atom is -0.478 e. The van der Waals surface area contributed by atoms with E-state index in [4.69, 9.17) is 14.4 Å². The molecule has 2 rings (SSSR count). The van der Waals surface area contributed by atoms with Crippen LogP contribution >= 0.6 is 0 Å². The molecule has 0 aliphatic rings. The highest BCUT2D eigenvalue weighted by atomic mass is 16.5. The Morgan fingerprint density at radius 1 is 1.47 bits per heavy atom. The third-order valence-electron chi connectivity index (χ3n) is 2.13. The average molecular weight is 234 g/mol. The van der Waals surface area contributed by atoms with Crippen molar-refractivity contribution in [2.45, 2.75) is 6.61 Å². The minimum absolute atomic E-state index is 0.125. The van der Waals surface area contributed by atoms with Crippen LogP contribution in [0.4, 0.5) is 0 Å². The van der Waals surface area contributed by atoms with Crippen LogP contribution in [0.25, 0.3) is 11.5 Å². The van der Waals surface area contributed by atoms with Crippen molar-refractivity contribution in [1.29, 1.82) is 0 Å². The second kappa shape index (κ2) is 4.75. The number of hydrogen-bond donors (Lipinski definition) is 1. The zero-order valence-corrected chi connectivity index (χ0v) is 9.08.